The lowest BCUT2D eigenvalue weighted by atomic mass is 10.1. The summed E-state index contributed by atoms with van der Waals surface area (Å²) in [6, 6.07) is -0.248. The standard InChI is InChI=1S/C7H15N3O2/c1-7(9-10-7)4-5(8-2)6(11)12-3/h5,8-10H,4H2,1-3H3/t5-/m0/s1. The van der Waals surface area contributed by atoms with E-state index in [2.05, 4.69) is 20.9 Å². The zero-order valence-corrected chi connectivity index (χ0v) is 7.60. The van der Waals surface area contributed by atoms with Gasteiger partial charge < -0.3 is 10.1 Å². The molecule has 5 heteroatoms. The fraction of sp³-hybridized carbons (Fsp3) is 0.857. The Labute approximate surface area is 71.8 Å². The summed E-state index contributed by atoms with van der Waals surface area (Å²) in [4.78, 5) is 11.1. The molecule has 5 nitrogen and oxygen atoms in total. The molecule has 0 spiro atoms. The van der Waals surface area contributed by atoms with Crippen LogP contribution >= 0.6 is 0 Å². The molecule has 1 atom stereocenters. The Kier molecular flexibility index (Phi) is 2.66. The van der Waals surface area contributed by atoms with Crippen molar-refractivity contribution in [2.24, 2.45) is 0 Å². The zero-order chi connectivity index (χ0) is 9.19. The van der Waals surface area contributed by atoms with Crippen LogP contribution < -0.4 is 16.2 Å². The molecule has 0 bridgehead atoms. The first kappa shape index (κ1) is 9.44. The highest BCUT2D eigenvalue weighted by molar-refractivity contribution is 5.75. The molecule has 1 saturated heterocycles. The SMILES string of the molecule is CN[C@@H](CC1(C)NN1)C(=O)OC. The fourth-order valence-corrected chi connectivity index (χ4v) is 1.06. The summed E-state index contributed by atoms with van der Waals surface area (Å²) in [5, 5.41) is 2.89. The first-order chi connectivity index (χ1) is 5.61. The molecule has 1 aliphatic rings. The minimum atomic E-state index is -0.248. The van der Waals surface area contributed by atoms with Crippen molar-refractivity contribution >= 4 is 5.97 Å². The monoisotopic (exact) mass is 173 g/mol. The van der Waals surface area contributed by atoms with Crippen LogP contribution in [0, 0.1) is 0 Å². The van der Waals surface area contributed by atoms with Crippen LogP contribution in [0.15, 0.2) is 0 Å². The van der Waals surface area contributed by atoms with Gasteiger partial charge in [0.05, 0.1) is 12.8 Å². The van der Waals surface area contributed by atoms with Crippen LogP contribution in [0.2, 0.25) is 0 Å². The van der Waals surface area contributed by atoms with Crippen molar-refractivity contribution in [3.05, 3.63) is 0 Å². The molecule has 12 heavy (non-hydrogen) atoms. The zero-order valence-electron chi connectivity index (χ0n) is 7.60. The molecule has 0 aromatic carbocycles. The predicted molar refractivity (Wildman–Crippen MR) is 44.2 cm³/mol. The third-order valence-electron chi connectivity index (χ3n) is 2.00. The van der Waals surface area contributed by atoms with E-state index in [0.717, 1.165) is 0 Å². The van der Waals surface area contributed by atoms with E-state index in [9.17, 15) is 4.79 Å². The number of methoxy groups -OCH3 is 1. The highest BCUT2D eigenvalue weighted by Gasteiger charge is 2.40. The quantitative estimate of drug-likeness (QED) is 0.374. The molecule has 70 valence electrons. The highest BCUT2D eigenvalue weighted by atomic mass is 16.5. The molecule has 0 saturated carbocycles. The van der Waals surface area contributed by atoms with Crippen LogP contribution in [0.4, 0.5) is 0 Å². The van der Waals surface area contributed by atoms with Crippen molar-refractivity contribution in [2.75, 3.05) is 14.2 Å². The van der Waals surface area contributed by atoms with Crippen LogP contribution in [0.3, 0.4) is 0 Å². The van der Waals surface area contributed by atoms with Crippen molar-refractivity contribution < 1.29 is 9.53 Å². The second-order valence-corrected chi connectivity index (χ2v) is 3.15. The number of rotatable bonds is 4. The Morgan fingerprint density at radius 3 is 2.58 bits per heavy atom. The normalized spacial score (nSPS) is 21.6. The van der Waals surface area contributed by atoms with Gasteiger partial charge in [0.15, 0.2) is 0 Å². The number of hydrogen-bond acceptors (Lipinski definition) is 5. The topological polar surface area (TPSA) is 82.2 Å². The van der Waals surface area contributed by atoms with E-state index in [1.807, 2.05) is 6.92 Å². The van der Waals surface area contributed by atoms with Crippen LogP contribution in [0.5, 0.6) is 0 Å². The van der Waals surface area contributed by atoms with Gasteiger partial charge in [0.1, 0.15) is 6.04 Å². The summed E-state index contributed by atoms with van der Waals surface area (Å²) in [6.07, 6.45) is 0.677. The Bertz CT molecular complexity index is 179. The van der Waals surface area contributed by atoms with Crippen LogP contribution in [0.25, 0.3) is 0 Å². The minimum Gasteiger partial charge on any atom is -0.468 e. The van der Waals surface area contributed by atoms with E-state index in [1.165, 1.54) is 7.11 Å². The van der Waals surface area contributed by atoms with Crippen molar-refractivity contribution in [1.82, 2.24) is 16.2 Å². The molecule has 3 N–H and O–H groups in total. The molecule has 0 aromatic rings. The van der Waals surface area contributed by atoms with Crippen molar-refractivity contribution in [3.8, 4) is 0 Å². The number of esters is 1. The number of carbonyl (C=O) groups excluding carboxylic acids is 1. The summed E-state index contributed by atoms with van der Waals surface area (Å²) >= 11 is 0. The van der Waals surface area contributed by atoms with Crippen LogP contribution in [-0.2, 0) is 9.53 Å². The van der Waals surface area contributed by atoms with Crippen molar-refractivity contribution in [3.63, 3.8) is 0 Å². The van der Waals surface area contributed by atoms with E-state index in [-0.39, 0.29) is 17.7 Å². The third kappa shape index (κ3) is 2.17. The van der Waals surface area contributed by atoms with Gasteiger partial charge >= 0.3 is 5.97 Å². The molecule has 0 amide bonds. The van der Waals surface area contributed by atoms with E-state index in [1.54, 1.807) is 7.05 Å². The maximum absolute atomic E-state index is 11.1. The van der Waals surface area contributed by atoms with Crippen LogP contribution in [-0.4, -0.2) is 31.8 Å². The molecule has 1 heterocycles. The summed E-state index contributed by atoms with van der Waals surface area (Å²) in [5.41, 5.74) is 5.80. The lowest BCUT2D eigenvalue weighted by Crippen LogP contribution is -2.39. The third-order valence-corrected chi connectivity index (χ3v) is 2.00. The first-order valence-corrected chi connectivity index (χ1v) is 3.91. The number of hydrazine groups is 1. The molecule has 0 radical (unpaired) electrons. The highest BCUT2D eigenvalue weighted by Crippen LogP contribution is 2.16. The molecule has 0 unspecified atom stereocenters. The maximum Gasteiger partial charge on any atom is 0.322 e. The van der Waals surface area contributed by atoms with Crippen molar-refractivity contribution in [1.29, 1.82) is 0 Å². The average Bonchev–Trinajstić information content (AvgIpc) is 2.79. The Hall–Kier alpha value is -0.650. The molecular formula is C7H15N3O2. The van der Waals surface area contributed by atoms with Gasteiger partial charge in [0.2, 0.25) is 0 Å². The van der Waals surface area contributed by atoms with Gasteiger partial charge in [-0.3, -0.25) is 4.79 Å². The van der Waals surface area contributed by atoms with E-state index in [0.29, 0.717) is 6.42 Å². The number of hydrogen-bond donors (Lipinski definition) is 3. The summed E-state index contributed by atoms with van der Waals surface area (Å²) in [5.74, 6) is -0.228. The number of likely N-dealkylation sites (N-methyl/N-ethyl adjacent to an activating group) is 1. The molecule has 0 aliphatic carbocycles. The minimum absolute atomic E-state index is 0.109. The second-order valence-electron chi connectivity index (χ2n) is 3.15. The van der Waals surface area contributed by atoms with Gasteiger partial charge in [0, 0.05) is 6.42 Å². The summed E-state index contributed by atoms with van der Waals surface area (Å²) in [6.45, 7) is 1.99. The maximum atomic E-state index is 11.1. The van der Waals surface area contributed by atoms with E-state index in [4.69, 9.17) is 0 Å². The molecular weight excluding hydrogens is 158 g/mol. The summed E-state index contributed by atoms with van der Waals surface area (Å²) < 4.78 is 4.62. The lowest BCUT2D eigenvalue weighted by Gasteiger charge is -2.15. The Morgan fingerprint density at radius 1 is 1.67 bits per heavy atom. The lowest BCUT2D eigenvalue weighted by molar-refractivity contribution is -0.143. The van der Waals surface area contributed by atoms with Gasteiger partial charge in [-0.05, 0) is 14.0 Å². The van der Waals surface area contributed by atoms with Gasteiger partial charge in [-0.25, -0.2) is 10.9 Å². The first-order valence-electron chi connectivity index (χ1n) is 3.91. The van der Waals surface area contributed by atoms with Gasteiger partial charge in [0.25, 0.3) is 0 Å². The molecule has 1 fully saturated rings. The average molecular weight is 173 g/mol. The predicted octanol–water partition coefficient (Wildman–Crippen LogP) is -1.04. The van der Waals surface area contributed by atoms with Crippen molar-refractivity contribution in [2.45, 2.75) is 25.0 Å². The largest absolute Gasteiger partial charge is 0.468 e. The summed E-state index contributed by atoms with van der Waals surface area (Å²) in [7, 11) is 3.14. The fourth-order valence-electron chi connectivity index (χ4n) is 1.06. The van der Waals surface area contributed by atoms with E-state index >= 15 is 0 Å². The van der Waals surface area contributed by atoms with Gasteiger partial charge in [-0.2, -0.15) is 0 Å². The molecule has 1 aliphatic heterocycles. The number of carbonyl (C=O) groups is 1. The van der Waals surface area contributed by atoms with Crippen LogP contribution in [0.1, 0.15) is 13.3 Å². The molecule has 1 rings (SSSR count). The number of nitrogens with one attached hydrogen (secondary N) is 3. The van der Waals surface area contributed by atoms with Gasteiger partial charge in [-0.1, -0.05) is 0 Å². The number of ether oxygens (including phenoxy) is 1. The smallest absolute Gasteiger partial charge is 0.322 e. The van der Waals surface area contributed by atoms with E-state index < -0.39 is 0 Å². The van der Waals surface area contributed by atoms with Gasteiger partial charge in [-0.15, -0.1) is 0 Å². The Balaban J connectivity index is 2.40. The molecule has 0 aromatic heterocycles. The second kappa shape index (κ2) is 3.38. The Morgan fingerprint density at radius 2 is 2.25 bits per heavy atom.